The molecule has 0 bridgehead atoms. The first-order valence-corrected chi connectivity index (χ1v) is 8.09. The third-order valence-electron chi connectivity index (χ3n) is 3.55. The van der Waals surface area contributed by atoms with Gasteiger partial charge in [-0.3, -0.25) is 4.90 Å². The highest BCUT2D eigenvalue weighted by atomic mass is 32.1. The first-order chi connectivity index (χ1) is 10.3. The first kappa shape index (κ1) is 14.1. The van der Waals surface area contributed by atoms with Crippen molar-refractivity contribution in [3.8, 4) is 11.1 Å². The lowest BCUT2D eigenvalue weighted by Crippen LogP contribution is -2.16. The molecule has 0 aliphatic carbocycles. The molecule has 1 heterocycles. The minimum atomic E-state index is 0.977. The van der Waals surface area contributed by atoms with Crippen molar-refractivity contribution in [2.45, 2.75) is 13.1 Å². The Hall–Kier alpha value is -1.90. The Morgan fingerprint density at radius 1 is 0.762 bits per heavy atom. The highest BCUT2D eigenvalue weighted by Gasteiger charge is 2.03. The molecule has 0 spiro atoms. The van der Waals surface area contributed by atoms with Gasteiger partial charge in [0.15, 0.2) is 0 Å². The third-order valence-corrected chi connectivity index (χ3v) is 4.28. The normalized spacial score (nSPS) is 11.0. The van der Waals surface area contributed by atoms with Crippen molar-refractivity contribution >= 4 is 11.3 Å². The van der Waals surface area contributed by atoms with Gasteiger partial charge in [0, 0.05) is 13.1 Å². The second kappa shape index (κ2) is 6.70. The maximum atomic E-state index is 2.35. The fraction of sp³-hybridized carbons (Fsp3) is 0.158. The zero-order chi connectivity index (χ0) is 14.5. The summed E-state index contributed by atoms with van der Waals surface area (Å²) in [6.45, 7) is 1.98. The number of hydrogen-bond donors (Lipinski definition) is 0. The fourth-order valence-electron chi connectivity index (χ4n) is 2.50. The molecule has 0 saturated heterocycles. The van der Waals surface area contributed by atoms with Crippen LogP contribution in [0.4, 0.5) is 0 Å². The Bertz CT molecular complexity index is 657. The van der Waals surface area contributed by atoms with E-state index in [0.717, 1.165) is 13.1 Å². The summed E-state index contributed by atoms with van der Waals surface area (Å²) in [5, 5.41) is 4.35. The van der Waals surface area contributed by atoms with Crippen LogP contribution in [0.3, 0.4) is 0 Å². The SMILES string of the molecule is CN(Cc1ccc(-c2ccccc2)cc1)Cc1ccsc1. The third kappa shape index (κ3) is 3.81. The second-order valence-electron chi connectivity index (χ2n) is 5.37. The lowest BCUT2D eigenvalue weighted by molar-refractivity contribution is 0.319. The maximum absolute atomic E-state index is 2.35. The molecule has 2 aromatic carbocycles. The Labute approximate surface area is 130 Å². The van der Waals surface area contributed by atoms with E-state index < -0.39 is 0 Å². The topological polar surface area (TPSA) is 3.24 Å². The molecule has 0 unspecified atom stereocenters. The Morgan fingerprint density at radius 3 is 2.10 bits per heavy atom. The molecule has 0 aliphatic rings. The first-order valence-electron chi connectivity index (χ1n) is 7.15. The molecule has 1 aromatic heterocycles. The van der Waals surface area contributed by atoms with Crippen LogP contribution in [0.2, 0.25) is 0 Å². The highest BCUT2D eigenvalue weighted by Crippen LogP contribution is 2.20. The zero-order valence-electron chi connectivity index (χ0n) is 12.2. The molecular formula is C19H19NS. The monoisotopic (exact) mass is 293 g/mol. The summed E-state index contributed by atoms with van der Waals surface area (Å²) in [5.41, 5.74) is 5.30. The molecule has 21 heavy (non-hydrogen) atoms. The Kier molecular flexibility index (Phi) is 4.49. The predicted molar refractivity (Wildman–Crippen MR) is 91.4 cm³/mol. The summed E-state index contributed by atoms with van der Waals surface area (Å²) >= 11 is 1.76. The molecule has 0 aliphatic heterocycles. The summed E-state index contributed by atoms with van der Waals surface area (Å²) in [6.07, 6.45) is 0. The summed E-state index contributed by atoms with van der Waals surface area (Å²) in [4.78, 5) is 2.35. The van der Waals surface area contributed by atoms with Crippen LogP contribution >= 0.6 is 11.3 Å². The second-order valence-corrected chi connectivity index (χ2v) is 6.15. The van der Waals surface area contributed by atoms with E-state index in [1.807, 2.05) is 0 Å². The van der Waals surface area contributed by atoms with Gasteiger partial charge in [0.25, 0.3) is 0 Å². The van der Waals surface area contributed by atoms with E-state index in [9.17, 15) is 0 Å². The molecule has 3 aromatic rings. The zero-order valence-corrected chi connectivity index (χ0v) is 13.0. The Balaban J connectivity index is 1.64. The summed E-state index contributed by atoms with van der Waals surface area (Å²) in [6, 6.07) is 21.6. The van der Waals surface area contributed by atoms with Gasteiger partial charge in [-0.15, -0.1) is 0 Å². The van der Waals surface area contributed by atoms with Crippen molar-refractivity contribution in [3.63, 3.8) is 0 Å². The molecule has 106 valence electrons. The van der Waals surface area contributed by atoms with Crippen molar-refractivity contribution in [1.82, 2.24) is 4.90 Å². The number of nitrogens with zero attached hydrogens (tertiary/aromatic N) is 1. The van der Waals surface area contributed by atoms with E-state index in [-0.39, 0.29) is 0 Å². The van der Waals surface area contributed by atoms with Crippen LogP contribution in [0, 0.1) is 0 Å². The molecule has 0 radical (unpaired) electrons. The van der Waals surface area contributed by atoms with Gasteiger partial charge in [0.1, 0.15) is 0 Å². The number of hydrogen-bond acceptors (Lipinski definition) is 2. The average molecular weight is 293 g/mol. The van der Waals surface area contributed by atoms with Gasteiger partial charge >= 0.3 is 0 Å². The van der Waals surface area contributed by atoms with Gasteiger partial charge in [-0.1, -0.05) is 54.6 Å². The van der Waals surface area contributed by atoms with Crippen LogP contribution in [0.25, 0.3) is 11.1 Å². The highest BCUT2D eigenvalue weighted by molar-refractivity contribution is 7.07. The van der Waals surface area contributed by atoms with Crippen molar-refractivity contribution < 1.29 is 0 Å². The quantitative estimate of drug-likeness (QED) is 0.636. The predicted octanol–water partition coefficient (Wildman–Crippen LogP) is 5.05. The summed E-state index contributed by atoms with van der Waals surface area (Å²) < 4.78 is 0. The van der Waals surface area contributed by atoms with E-state index in [1.165, 1.54) is 22.3 Å². The van der Waals surface area contributed by atoms with Crippen molar-refractivity contribution in [3.05, 3.63) is 82.6 Å². The lowest BCUT2D eigenvalue weighted by Gasteiger charge is -2.16. The number of rotatable bonds is 5. The molecule has 2 heteroatoms. The summed E-state index contributed by atoms with van der Waals surface area (Å²) in [5.74, 6) is 0. The lowest BCUT2D eigenvalue weighted by atomic mass is 10.0. The minimum absolute atomic E-state index is 0.977. The van der Waals surface area contributed by atoms with Crippen LogP contribution < -0.4 is 0 Å². The van der Waals surface area contributed by atoms with E-state index >= 15 is 0 Å². The van der Waals surface area contributed by atoms with Crippen LogP contribution in [-0.2, 0) is 13.1 Å². The molecule has 1 nitrogen and oxygen atoms in total. The van der Waals surface area contributed by atoms with Gasteiger partial charge < -0.3 is 0 Å². The van der Waals surface area contributed by atoms with E-state index in [2.05, 4.69) is 83.4 Å². The van der Waals surface area contributed by atoms with Gasteiger partial charge in [0.2, 0.25) is 0 Å². The molecule has 0 fully saturated rings. The van der Waals surface area contributed by atoms with Gasteiger partial charge in [0.05, 0.1) is 0 Å². The molecule has 0 saturated carbocycles. The van der Waals surface area contributed by atoms with Gasteiger partial charge in [-0.2, -0.15) is 11.3 Å². The van der Waals surface area contributed by atoms with Gasteiger partial charge in [-0.05, 0) is 46.1 Å². The van der Waals surface area contributed by atoms with E-state index in [0.29, 0.717) is 0 Å². The fourth-order valence-corrected chi connectivity index (χ4v) is 3.15. The van der Waals surface area contributed by atoms with Crippen molar-refractivity contribution in [2.75, 3.05) is 7.05 Å². The van der Waals surface area contributed by atoms with Crippen LogP contribution in [0.5, 0.6) is 0 Å². The largest absolute Gasteiger partial charge is 0.298 e. The van der Waals surface area contributed by atoms with Gasteiger partial charge in [-0.25, -0.2) is 0 Å². The van der Waals surface area contributed by atoms with Crippen molar-refractivity contribution in [1.29, 1.82) is 0 Å². The standard InChI is InChI=1S/C19H19NS/c1-20(14-17-11-12-21-15-17)13-16-7-9-19(10-8-16)18-5-3-2-4-6-18/h2-12,15H,13-14H2,1H3. The average Bonchev–Trinajstić information content (AvgIpc) is 3.02. The summed E-state index contributed by atoms with van der Waals surface area (Å²) in [7, 11) is 2.17. The molecule has 0 atom stereocenters. The van der Waals surface area contributed by atoms with E-state index in [1.54, 1.807) is 11.3 Å². The Morgan fingerprint density at radius 2 is 1.43 bits per heavy atom. The van der Waals surface area contributed by atoms with Crippen molar-refractivity contribution in [2.24, 2.45) is 0 Å². The van der Waals surface area contributed by atoms with Crippen LogP contribution in [-0.4, -0.2) is 11.9 Å². The maximum Gasteiger partial charge on any atom is 0.0242 e. The van der Waals surface area contributed by atoms with E-state index in [4.69, 9.17) is 0 Å². The molecular weight excluding hydrogens is 274 g/mol. The number of benzene rings is 2. The molecule has 0 N–H and O–H groups in total. The van der Waals surface area contributed by atoms with Crippen LogP contribution in [0.1, 0.15) is 11.1 Å². The number of thiophene rings is 1. The van der Waals surface area contributed by atoms with Crippen LogP contribution in [0.15, 0.2) is 71.4 Å². The molecule has 0 amide bonds. The minimum Gasteiger partial charge on any atom is -0.298 e. The molecule has 3 rings (SSSR count). The smallest absolute Gasteiger partial charge is 0.0242 e.